The highest BCUT2D eigenvalue weighted by molar-refractivity contribution is 5.73. The van der Waals surface area contributed by atoms with Gasteiger partial charge in [-0.15, -0.1) is 0 Å². The number of esters is 2. The Morgan fingerprint density at radius 2 is 1.06 bits per heavy atom. The summed E-state index contributed by atoms with van der Waals surface area (Å²) in [4.78, 5) is 24.3. The molecule has 0 aliphatic heterocycles. The molecule has 4 heteroatoms. The SMILES string of the molecule is CCCCOC(=O)CCCCCCCCCCCCC(C(C)C)C(C(=O)OCCCC)C(C)C. The molecule has 0 aliphatic rings. The molecule has 0 heterocycles. The minimum absolute atomic E-state index is 0.0232. The van der Waals surface area contributed by atoms with Gasteiger partial charge in [-0.3, -0.25) is 9.59 Å². The third kappa shape index (κ3) is 17.4. The van der Waals surface area contributed by atoms with Crippen LogP contribution in [0, 0.1) is 23.7 Å². The van der Waals surface area contributed by atoms with Crippen LogP contribution in [0.1, 0.15) is 144 Å². The normalized spacial score (nSPS) is 13.3. The van der Waals surface area contributed by atoms with Gasteiger partial charge < -0.3 is 9.47 Å². The Balaban J connectivity index is 3.90. The lowest BCUT2D eigenvalue weighted by Gasteiger charge is -2.31. The van der Waals surface area contributed by atoms with Crippen molar-refractivity contribution in [1.29, 1.82) is 0 Å². The molecule has 0 spiro atoms. The predicted octanol–water partition coefficient (Wildman–Crippen LogP) is 8.90. The maximum absolute atomic E-state index is 12.7. The third-order valence-electron chi connectivity index (χ3n) is 6.98. The molecule has 0 aromatic heterocycles. The summed E-state index contributed by atoms with van der Waals surface area (Å²) < 4.78 is 10.8. The Morgan fingerprint density at radius 1 is 0.588 bits per heavy atom. The Bertz CT molecular complexity index is 486. The topological polar surface area (TPSA) is 52.6 Å². The van der Waals surface area contributed by atoms with Gasteiger partial charge in [0.2, 0.25) is 0 Å². The van der Waals surface area contributed by atoms with Crippen LogP contribution >= 0.6 is 0 Å². The zero-order valence-corrected chi connectivity index (χ0v) is 23.7. The van der Waals surface area contributed by atoms with Crippen LogP contribution in [0.25, 0.3) is 0 Å². The molecular formula is C30H58O4. The number of carbonyl (C=O) groups excluding carboxylic acids is 2. The van der Waals surface area contributed by atoms with E-state index in [1.165, 1.54) is 51.4 Å². The number of unbranched alkanes of at least 4 members (excludes halogenated alkanes) is 11. The third-order valence-corrected chi connectivity index (χ3v) is 6.98. The quantitative estimate of drug-likeness (QED) is 0.108. The lowest BCUT2D eigenvalue weighted by Crippen LogP contribution is -2.33. The van der Waals surface area contributed by atoms with Gasteiger partial charge in [0, 0.05) is 6.42 Å². The molecule has 0 saturated carbocycles. The van der Waals surface area contributed by atoms with E-state index in [0.29, 0.717) is 37.4 Å². The molecule has 4 nitrogen and oxygen atoms in total. The lowest BCUT2D eigenvalue weighted by atomic mass is 9.74. The summed E-state index contributed by atoms with van der Waals surface area (Å²) in [5.41, 5.74) is 0. The van der Waals surface area contributed by atoms with Gasteiger partial charge in [-0.2, -0.15) is 0 Å². The Morgan fingerprint density at radius 3 is 1.53 bits per heavy atom. The van der Waals surface area contributed by atoms with Gasteiger partial charge in [0.1, 0.15) is 0 Å². The van der Waals surface area contributed by atoms with Gasteiger partial charge >= 0.3 is 11.9 Å². The number of rotatable bonds is 23. The molecule has 0 saturated heterocycles. The Labute approximate surface area is 212 Å². The zero-order chi connectivity index (χ0) is 25.6. The molecule has 202 valence electrons. The van der Waals surface area contributed by atoms with Crippen molar-refractivity contribution < 1.29 is 19.1 Å². The van der Waals surface area contributed by atoms with E-state index >= 15 is 0 Å². The van der Waals surface area contributed by atoms with E-state index in [2.05, 4.69) is 41.5 Å². The number of ether oxygens (including phenoxy) is 2. The summed E-state index contributed by atoms with van der Waals surface area (Å²) in [5.74, 6) is 1.27. The molecular weight excluding hydrogens is 424 g/mol. The summed E-state index contributed by atoms with van der Waals surface area (Å²) >= 11 is 0. The summed E-state index contributed by atoms with van der Waals surface area (Å²) in [6.45, 7) is 14.2. The van der Waals surface area contributed by atoms with E-state index in [4.69, 9.17) is 9.47 Å². The number of hydrogen-bond acceptors (Lipinski definition) is 4. The van der Waals surface area contributed by atoms with Crippen molar-refractivity contribution >= 4 is 11.9 Å². The van der Waals surface area contributed by atoms with Crippen LogP contribution in [0.2, 0.25) is 0 Å². The minimum atomic E-state index is -0.0266. The highest BCUT2D eigenvalue weighted by atomic mass is 16.5. The van der Waals surface area contributed by atoms with Crippen LogP contribution in [0.3, 0.4) is 0 Å². The number of carbonyl (C=O) groups is 2. The van der Waals surface area contributed by atoms with Gasteiger partial charge in [-0.25, -0.2) is 0 Å². The molecule has 0 amide bonds. The largest absolute Gasteiger partial charge is 0.466 e. The van der Waals surface area contributed by atoms with E-state index in [1.54, 1.807) is 0 Å². The molecule has 2 atom stereocenters. The van der Waals surface area contributed by atoms with Crippen LogP contribution in [0.4, 0.5) is 0 Å². The molecule has 0 aromatic rings. The molecule has 0 fully saturated rings. The van der Waals surface area contributed by atoms with Crippen molar-refractivity contribution in [2.75, 3.05) is 13.2 Å². The van der Waals surface area contributed by atoms with Crippen LogP contribution < -0.4 is 0 Å². The second-order valence-corrected chi connectivity index (χ2v) is 10.8. The zero-order valence-electron chi connectivity index (χ0n) is 23.7. The maximum atomic E-state index is 12.7. The molecule has 0 aromatic carbocycles. The van der Waals surface area contributed by atoms with E-state index in [9.17, 15) is 9.59 Å². The Hall–Kier alpha value is -1.06. The molecule has 0 radical (unpaired) electrons. The van der Waals surface area contributed by atoms with E-state index in [0.717, 1.165) is 44.9 Å². The smallest absolute Gasteiger partial charge is 0.309 e. The average molecular weight is 483 g/mol. The fourth-order valence-electron chi connectivity index (χ4n) is 4.75. The van der Waals surface area contributed by atoms with Gasteiger partial charge in [0.25, 0.3) is 0 Å². The average Bonchev–Trinajstić information content (AvgIpc) is 2.78. The summed E-state index contributed by atoms with van der Waals surface area (Å²) in [7, 11) is 0. The molecule has 0 aliphatic carbocycles. The summed E-state index contributed by atoms with van der Waals surface area (Å²) in [5, 5.41) is 0. The second kappa shape index (κ2) is 22.4. The van der Waals surface area contributed by atoms with Gasteiger partial charge in [-0.1, -0.05) is 112 Å². The van der Waals surface area contributed by atoms with E-state index in [1.807, 2.05) is 0 Å². The van der Waals surface area contributed by atoms with Crippen molar-refractivity contribution in [2.24, 2.45) is 23.7 Å². The first-order valence-electron chi connectivity index (χ1n) is 14.7. The molecule has 0 rings (SSSR count). The summed E-state index contributed by atoms with van der Waals surface area (Å²) in [6.07, 6.45) is 18.0. The van der Waals surface area contributed by atoms with E-state index < -0.39 is 0 Å². The van der Waals surface area contributed by atoms with Gasteiger partial charge in [0.05, 0.1) is 19.1 Å². The van der Waals surface area contributed by atoms with Crippen LogP contribution in [0.15, 0.2) is 0 Å². The lowest BCUT2D eigenvalue weighted by molar-refractivity contribution is -0.153. The number of hydrogen-bond donors (Lipinski definition) is 0. The standard InChI is InChI=1S/C30H58O4/c1-7-9-23-33-28(31)22-20-18-16-14-12-11-13-15-17-19-21-27(25(3)4)29(26(5)6)30(32)34-24-10-8-2/h25-27,29H,7-24H2,1-6H3. The second-order valence-electron chi connectivity index (χ2n) is 10.8. The first-order valence-corrected chi connectivity index (χ1v) is 14.7. The van der Waals surface area contributed by atoms with Crippen LogP contribution in [-0.4, -0.2) is 25.2 Å². The molecule has 34 heavy (non-hydrogen) atoms. The first kappa shape index (κ1) is 32.9. The van der Waals surface area contributed by atoms with E-state index in [-0.39, 0.29) is 17.9 Å². The monoisotopic (exact) mass is 482 g/mol. The maximum Gasteiger partial charge on any atom is 0.309 e. The highest BCUT2D eigenvalue weighted by Crippen LogP contribution is 2.33. The molecule has 0 N–H and O–H groups in total. The fraction of sp³-hybridized carbons (Fsp3) is 0.933. The highest BCUT2D eigenvalue weighted by Gasteiger charge is 2.33. The van der Waals surface area contributed by atoms with Crippen molar-refractivity contribution in [1.82, 2.24) is 0 Å². The van der Waals surface area contributed by atoms with Crippen molar-refractivity contribution in [3.63, 3.8) is 0 Å². The molecule has 2 unspecified atom stereocenters. The Kier molecular flexibility index (Phi) is 21.7. The van der Waals surface area contributed by atoms with Crippen LogP contribution in [-0.2, 0) is 19.1 Å². The van der Waals surface area contributed by atoms with Gasteiger partial charge in [-0.05, 0) is 43.4 Å². The summed E-state index contributed by atoms with van der Waals surface area (Å²) in [6, 6.07) is 0. The minimum Gasteiger partial charge on any atom is -0.466 e. The van der Waals surface area contributed by atoms with Gasteiger partial charge in [0.15, 0.2) is 0 Å². The fourth-order valence-corrected chi connectivity index (χ4v) is 4.75. The van der Waals surface area contributed by atoms with Crippen molar-refractivity contribution in [3.8, 4) is 0 Å². The predicted molar refractivity (Wildman–Crippen MR) is 144 cm³/mol. The van der Waals surface area contributed by atoms with Crippen molar-refractivity contribution in [2.45, 2.75) is 144 Å². The molecule has 0 bridgehead atoms. The van der Waals surface area contributed by atoms with Crippen LogP contribution in [0.5, 0.6) is 0 Å². The van der Waals surface area contributed by atoms with Crippen molar-refractivity contribution in [3.05, 3.63) is 0 Å². The first-order chi connectivity index (χ1) is 16.3.